The third kappa shape index (κ3) is 4.24. The lowest BCUT2D eigenvalue weighted by Crippen LogP contribution is -2.15. The van der Waals surface area contributed by atoms with Crippen molar-refractivity contribution >= 4 is 5.82 Å². The molecule has 0 radical (unpaired) electrons. The summed E-state index contributed by atoms with van der Waals surface area (Å²) in [7, 11) is 0. The van der Waals surface area contributed by atoms with Crippen LogP contribution < -0.4 is 5.32 Å². The van der Waals surface area contributed by atoms with Gasteiger partial charge in [-0.2, -0.15) is 0 Å². The summed E-state index contributed by atoms with van der Waals surface area (Å²) >= 11 is 0. The molecule has 0 saturated carbocycles. The molecule has 2 heterocycles. The average molecular weight is 300 g/mol. The molecule has 1 unspecified atom stereocenters. The molecule has 5 nitrogen and oxygen atoms in total. The van der Waals surface area contributed by atoms with Crippen LogP contribution in [0.15, 0.2) is 30.6 Å². The minimum absolute atomic E-state index is 0.268. The second kappa shape index (κ2) is 7.31. The van der Waals surface area contributed by atoms with Crippen molar-refractivity contribution in [1.82, 2.24) is 15.0 Å². The van der Waals surface area contributed by atoms with Gasteiger partial charge in [0.2, 0.25) is 0 Å². The second-order valence-corrected chi connectivity index (χ2v) is 6.02. The minimum atomic E-state index is -0.594. The number of nitrogens with zero attached hydrogens (tertiary/aromatic N) is 3. The smallest absolute Gasteiger partial charge is 0.133 e. The monoisotopic (exact) mass is 300 g/mol. The maximum atomic E-state index is 10.2. The summed E-state index contributed by atoms with van der Waals surface area (Å²) in [5, 5.41) is 13.4. The number of hydrogen-bond acceptors (Lipinski definition) is 5. The Hall–Kier alpha value is -2.01. The van der Waals surface area contributed by atoms with Gasteiger partial charge in [0.25, 0.3) is 0 Å². The van der Waals surface area contributed by atoms with E-state index >= 15 is 0 Å². The molecular formula is C17H24N4O. The molecule has 0 aliphatic carbocycles. The molecule has 0 fully saturated rings. The number of aliphatic hydroxyl groups is 1. The highest BCUT2D eigenvalue weighted by Crippen LogP contribution is 2.20. The van der Waals surface area contributed by atoms with E-state index in [-0.39, 0.29) is 5.92 Å². The Kier molecular flexibility index (Phi) is 5.44. The van der Waals surface area contributed by atoms with E-state index in [1.807, 2.05) is 18.2 Å². The predicted octanol–water partition coefficient (Wildman–Crippen LogP) is 3.26. The lowest BCUT2D eigenvalue weighted by Gasteiger charge is -2.15. The zero-order valence-electron chi connectivity index (χ0n) is 13.6. The first-order valence-electron chi connectivity index (χ1n) is 7.68. The van der Waals surface area contributed by atoms with Gasteiger partial charge >= 0.3 is 0 Å². The Morgan fingerprint density at radius 1 is 1.05 bits per heavy atom. The number of rotatable bonds is 6. The van der Waals surface area contributed by atoms with Crippen LogP contribution in [0.25, 0.3) is 0 Å². The average Bonchev–Trinajstić information content (AvgIpc) is 2.53. The SMILES string of the molecule is CC(C)c1cc(NCC(O)c2ccncc2)nc(C(C)C)n1. The molecule has 0 spiro atoms. The Morgan fingerprint density at radius 3 is 2.32 bits per heavy atom. The lowest BCUT2D eigenvalue weighted by atomic mass is 10.1. The first kappa shape index (κ1) is 16.4. The molecule has 0 bridgehead atoms. The van der Waals surface area contributed by atoms with Crippen LogP contribution in [-0.4, -0.2) is 26.6 Å². The van der Waals surface area contributed by atoms with E-state index in [9.17, 15) is 5.11 Å². The summed E-state index contributed by atoms with van der Waals surface area (Å²) in [5.74, 6) is 2.19. The van der Waals surface area contributed by atoms with Crippen molar-refractivity contribution in [2.75, 3.05) is 11.9 Å². The molecule has 0 aromatic carbocycles. The largest absolute Gasteiger partial charge is 0.387 e. The van der Waals surface area contributed by atoms with Crippen LogP contribution in [0.3, 0.4) is 0 Å². The van der Waals surface area contributed by atoms with E-state index in [1.165, 1.54) is 0 Å². The van der Waals surface area contributed by atoms with E-state index in [0.717, 1.165) is 22.9 Å². The van der Waals surface area contributed by atoms with Gasteiger partial charge in [-0.3, -0.25) is 4.98 Å². The van der Waals surface area contributed by atoms with Gasteiger partial charge in [0, 0.05) is 36.6 Å². The summed E-state index contributed by atoms with van der Waals surface area (Å²) in [5.41, 5.74) is 1.85. The van der Waals surface area contributed by atoms with E-state index in [1.54, 1.807) is 12.4 Å². The maximum Gasteiger partial charge on any atom is 0.133 e. The molecule has 2 rings (SSSR count). The van der Waals surface area contributed by atoms with E-state index in [4.69, 9.17) is 0 Å². The second-order valence-electron chi connectivity index (χ2n) is 6.02. The minimum Gasteiger partial charge on any atom is -0.387 e. The predicted molar refractivity (Wildman–Crippen MR) is 87.9 cm³/mol. The molecule has 1 atom stereocenters. The van der Waals surface area contributed by atoms with Gasteiger partial charge in [-0.1, -0.05) is 27.7 Å². The van der Waals surface area contributed by atoms with Crippen molar-refractivity contribution in [3.8, 4) is 0 Å². The van der Waals surface area contributed by atoms with Crippen LogP contribution in [-0.2, 0) is 0 Å². The highest BCUT2D eigenvalue weighted by molar-refractivity contribution is 5.38. The van der Waals surface area contributed by atoms with Crippen LogP contribution in [0.2, 0.25) is 0 Å². The normalized spacial score (nSPS) is 12.7. The molecule has 2 aromatic rings. The molecule has 118 valence electrons. The van der Waals surface area contributed by atoms with Crippen LogP contribution in [0.4, 0.5) is 5.82 Å². The molecule has 0 aliphatic heterocycles. The lowest BCUT2D eigenvalue weighted by molar-refractivity contribution is 0.191. The van der Waals surface area contributed by atoms with Crippen LogP contribution >= 0.6 is 0 Å². The fourth-order valence-electron chi connectivity index (χ4n) is 2.03. The number of aliphatic hydroxyl groups excluding tert-OH is 1. The molecule has 0 amide bonds. The Morgan fingerprint density at radius 2 is 1.73 bits per heavy atom. The number of pyridine rings is 1. The van der Waals surface area contributed by atoms with Gasteiger partial charge in [0.15, 0.2) is 0 Å². The van der Waals surface area contributed by atoms with E-state index < -0.39 is 6.10 Å². The summed E-state index contributed by atoms with van der Waals surface area (Å²) in [6.45, 7) is 8.78. The Balaban J connectivity index is 2.12. The molecule has 2 N–H and O–H groups in total. The maximum absolute atomic E-state index is 10.2. The quantitative estimate of drug-likeness (QED) is 0.856. The number of aromatic nitrogens is 3. The third-order valence-corrected chi connectivity index (χ3v) is 3.44. The highest BCUT2D eigenvalue weighted by atomic mass is 16.3. The van der Waals surface area contributed by atoms with Crippen LogP contribution in [0.5, 0.6) is 0 Å². The molecule has 0 aliphatic rings. The highest BCUT2D eigenvalue weighted by Gasteiger charge is 2.12. The van der Waals surface area contributed by atoms with Crippen molar-refractivity contribution in [2.24, 2.45) is 0 Å². The summed E-state index contributed by atoms with van der Waals surface area (Å²) in [6, 6.07) is 5.58. The van der Waals surface area contributed by atoms with Crippen molar-refractivity contribution in [2.45, 2.75) is 45.6 Å². The van der Waals surface area contributed by atoms with Gasteiger partial charge in [-0.25, -0.2) is 9.97 Å². The molecular weight excluding hydrogens is 276 g/mol. The zero-order valence-corrected chi connectivity index (χ0v) is 13.6. The molecule has 2 aromatic heterocycles. The van der Waals surface area contributed by atoms with Gasteiger partial charge in [-0.15, -0.1) is 0 Å². The zero-order chi connectivity index (χ0) is 16.1. The van der Waals surface area contributed by atoms with Crippen molar-refractivity contribution in [1.29, 1.82) is 0 Å². The van der Waals surface area contributed by atoms with Gasteiger partial charge in [0.1, 0.15) is 11.6 Å². The van der Waals surface area contributed by atoms with Gasteiger partial charge in [0.05, 0.1) is 6.10 Å². The number of hydrogen-bond donors (Lipinski definition) is 2. The Bertz CT molecular complexity index is 573. The Labute approximate surface area is 131 Å². The van der Waals surface area contributed by atoms with Crippen LogP contribution in [0.1, 0.15) is 62.7 Å². The van der Waals surface area contributed by atoms with E-state index in [2.05, 4.69) is 48.0 Å². The standard InChI is InChI=1S/C17H24N4O/c1-11(2)14-9-16(21-17(20-14)12(3)4)19-10-15(22)13-5-7-18-8-6-13/h5-9,11-12,15,22H,10H2,1-4H3,(H,19,20,21). The van der Waals surface area contributed by atoms with Crippen molar-refractivity contribution in [3.05, 3.63) is 47.7 Å². The van der Waals surface area contributed by atoms with Crippen LogP contribution in [0, 0.1) is 0 Å². The molecule has 5 heteroatoms. The number of nitrogens with one attached hydrogen (secondary N) is 1. The van der Waals surface area contributed by atoms with Gasteiger partial charge < -0.3 is 10.4 Å². The summed E-state index contributed by atoms with van der Waals surface area (Å²) in [4.78, 5) is 13.1. The molecule has 0 saturated heterocycles. The van der Waals surface area contributed by atoms with Gasteiger partial charge in [-0.05, 0) is 23.6 Å². The third-order valence-electron chi connectivity index (χ3n) is 3.44. The topological polar surface area (TPSA) is 70.9 Å². The van der Waals surface area contributed by atoms with Crippen molar-refractivity contribution in [3.63, 3.8) is 0 Å². The first-order valence-corrected chi connectivity index (χ1v) is 7.68. The fourth-order valence-corrected chi connectivity index (χ4v) is 2.03. The van der Waals surface area contributed by atoms with Crippen molar-refractivity contribution < 1.29 is 5.11 Å². The number of anilines is 1. The fraction of sp³-hybridized carbons (Fsp3) is 0.471. The first-order chi connectivity index (χ1) is 10.5. The summed E-state index contributed by atoms with van der Waals surface area (Å²) < 4.78 is 0. The molecule has 22 heavy (non-hydrogen) atoms. The summed E-state index contributed by atoms with van der Waals surface area (Å²) in [6.07, 6.45) is 2.76. The van der Waals surface area contributed by atoms with E-state index in [0.29, 0.717) is 12.5 Å².